The molecule has 0 aliphatic carbocycles. The van der Waals surface area contributed by atoms with Gasteiger partial charge < -0.3 is 5.11 Å². The lowest BCUT2D eigenvalue weighted by Gasteiger charge is -2.13. The molecule has 4 nitrogen and oxygen atoms in total. The first kappa shape index (κ1) is 13.2. The van der Waals surface area contributed by atoms with Gasteiger partial charge in [0.1, 0.15) is 12.4 Å². The predicted molar refractivity (Wildman–Crippen MR) is 65.2 cm³/mol. The summed E-state index contributed by atoms with van der Waals surface area (Å²) >= 11 is 0. The van der Waals surface area contributed by atoms with Crippen molar-refractivity contribution in [2.75, 3.05) is 6.61 Å². The Kier molecular flexibility index (Phi) is 3.93. The smallest absolute Gasteiger partial charge is 0.229 e. The summed E-state index contributed by atoms with van der Waals surface area (Å²) in [6.07, 6.45) is 0.427. The van der Waals surface area contributed by atoms with Crippen molar-refractivity contribution in [3.8, 4) is 11.8 Å². The summed E-state index contributed by atoms with van der Waals surface area (Å²) in [4.78, 5) is 24.1. The summed E-state index contributed by atoms with van der Waals surface area (Å²) in [5, 5.41) is 8.60. The van der Waals surface area contributed by atoms with Crippen LogP contribution in [-0.4, -0.2) is 28.4 Å². The number of carbonyl (C=O) groups excluding carboxylic acids is 2. The Morgan fingerprint density at radius 2 is 1.89 bits per heavy atom. The number of aliphatic hydroxyl groups is 1. The van der Waals surface area contributed by atoms with E-state index >= 15 is 0 Å². The molecule has 1 N–H and O–H groups in total. The third kappa shape index (κ3) is 3.18. The number of imide groups is 1. The Bertz CT molecular complexity index is 570. The molecule has 2 rings (SSSR count). The molecule has 2 amide bonds. The maximum Gasteiger partial charge on any atom is 0.229 e. The molecule has 0 atom stereocenters. The number of halogens is 1. The van der Waals surface area contributed by atoms with Crippen molar-refractivity contribution in [2.45, 2.75) is 19.4 Å². The van der Waals surface area contributed by atoms with Crippen molar-refractivity contribution in [3.05, 3.63) is 35.1 Å². The summed E-state index contributed by atoms with van der Waals surface area (Å²) in [6.45, 7) is -0.252. The Morgan fingerprint density at radius 1 is 1.21 bits per heavy atom. The quantitative estimate of drug-likeness (QED) is 0.633. The summed E-state index contributed by atoms with van der Waals surface area (Å²) in [5.41, 5.74) is 0.911. The van der Waals surface area contributed by atoms with Crippen LogP contribution in [0.25, 0.3) is 0 Å². The highest BCUT2D eigenvalue weighted by atomic mass is 19.1. The highest BCUT2D eigenvalue weighted by Crippen LogP contribution is 2.17. The van der Waals surface area contributed by atoms with Gasteiger partial charge in [0.05, 0.1) is 6.54 Å². The second kappa shape index (κ2) is 5.63. The minimum absolute atomic E-state index is 0.0588. The molecular weight excluding hydrogens is 249 g/mol. The maximum atomic E-state index is 13.4. The highest BCUT2D eigenvalue weighted by molar-refractivity contribution is 6.01. The average Bonchev–Trinajstić information content (AvgIpc) is 2.67. The van der Waals surface area contributed by atoms with Crippen LogP contribution in [0.4, 0.5) is 4.39 Å². The van der Waals surface area contributed by atoms with E-state index in [1.165, 1.54) is 12.1 Å². The van der Waals surface area contributed by atoms with Crippen LogP contribution in [-0.2, 0) is 16.1 Å². The SMILES string of the molecule is O=C1CCC(=O)N1Cc1cc(F)cc(C#CCO)c1. The van der Waals surface area contributed by atoms with Gasteiger partial charge in [-0.15, -0.1) is 0 Å². The lowest BCUT2D eigenvalue weighted by Crippen LogP contribution is -2.28. The lowest BCUT2D eigenvalue weighted by molar-refractivity contribution is -0.139. The fourth-order valence-electron chi connectivity index (χ4n) is 1.94. The van der Waals surface area contributed by atoms with Gasteiger partial charge in [-0.2, -0.15) is 0 Å². The largest absolute Gasteiger partial charge is 0.384 e. The molecule has 1 aromatic rings. The summed E-state index contributed by atoms with van der Waals surface area (Å²) in [5.74, 6) is 4.05. The fraction of sp³-hybridized carbons (Fsp3) is 0.286. The Hall–Kier alpha value is -2.19. The molecule has 19 heavy (non-hydrogen) atoms. The van der Waals surface area contributed by atoms with Crippen LogP contribution in [0.3, 0.4) is 0 Å². The van der Waals surface area contributed by atoms with Crippen LogP contribution in [0.15, 0.2) is 18.2 Å². The van der Waals surface area contributed by atoms with Gasteiger partial charge in [-0.3, -0.25) is 14.5 Å². The van der Waals surface area contributed by atoms with Gasteiger partial charge in [0.15, 0.2) is 0 Å². The first-order valence-electron chi connectivity index (χ1n) is 5.82. The standard InChI is InChI=1S/C14H12FNO3/c15-12-7-10(2-1-5-17)6-11(8-12)9-16-13(18)3-4-14(16)19/h6-8,17H,3-5,9H2. The third-order valence-corrected chi connectivity index (χ3v) is 2.76. The minimum atomic E-state index is -0.487. The molecule has 1 aliphatic rings. The van der Waals surface area contributed by atoms with Crippen LogP contribution in [0.5, 0.6) is 0 Å². The van der Waals surface area contributed by atoms with Crippen LogP contribution >= 0.6 is 0 Å². The van der Waals surface area contributed by atoms with E-state index in [2.05, 4.69) is 11.8 Å². The van der Waals surface area contributed by atoms with Gasteiger partial charge >= 0.3 is 0 Å². The molecule has 0 aromatic heterocycles. The number of hydrogen-bond acceptors (Lipinski definition) is 3. The Morgan fingerprint density at radius 3 is 2.53 bits per heavy atom. The summed E-state index contributed by atoms with van der Waals surface area (Å²) < 4.78 is 13.4. The molecule has 1 aliphatic heterocycles. The van der Waals surface area contributed by atoms with E-state index in [4.69, 9.17) is 5.11 Å². The number of aliphatic hydroxyl groups excluding tert-OH is 1. The van der Waals surface area contributed by atoms with Gasteiger partial charge in [-0.1, -0.05) is 11.8 Å². The Labute approximate surface area is 109 Å². The normalized spacial score (nSPS) is 14.5. The van der Waals surface area contributed by atoms with E-state index in [1.54, 1.807) is 6.07 Å². The number of likely N-dealkylation sites (tertiary alicyclic amines) is 1. The Balaban J connectivity index is 2.22. The minimum Gasteiger partial charge on any atom is -0.384 e. The number of amides is 2. The maximum absolute atomic E-state index is 13.4. The molecule has 1 heterocycles. The first-order valence-corrected chi connectivity index (χ1v) is 5.82. The topological polar surface area (TPSA) is 57.6 Å². The molecule has 0 radical (unpaired) electrons. The van der Waals surface area contributed by atoms with E-state index in [0.29, 0.717) is 11.1 Å². The van der Waals surface area contributed by atoms with E-state index in [-0.39, 0.29) is 37.8 Å². The molecule has 5 heteroatoms. The molecule has 1 saturated heterocycles. The second-order valence-electron chi connectivity index (χ2n) is 4.18. The highest BCUT2D eigenvalue weighted by Gasteiger charge is 2.28. The van der Waals surface area contributed by atoms with Gasteiger partial charge in [0.25, 0.3) is 0 Å². The van der Waals surface area contributed by atoms with Crippen molar-refractivity contribution in [1.29, 1.82) is 0 Å². The van der Waals surface area contributed by atoms with Crippen molar-refractivity contribution >= 4 is 11.8 Å². The van der Waals surface area contributed by atoms with Gasteiger partial charge in [0.2, 0.25) is 11.8 Å². The number of rotatable bonds is 2. The molecule has 0 spiro atoms. The number of benzene rings is 1. The molecule has 0 unspecified atom stereocenters. The summed E-state index contributed by atoms with van der Waals surface area (Å²) in [7, 11) is 0. The zero-order valence-electron chi connectivity index (χ0n) is 10.1. The van der Waals surface area contributed by atoms with Gasteiger partial charge in [-0.05, 0) is 23.8 Å². The van der Waals surface area contributed by atoms with Crippen LogP contribution in [0.2, 0.25) is 0 Å². The molecule has 0 saturated carbocycles. The molecule has 98 valence electrons. The van der Waals surface area contributed by atoms with E-state index < -0.39 is 5.82 Å². The van der Waals surface area contributed by atoms with Crippen molar-refractivity contribution < 1.29 is 19.1 Å². The molecule has 1 fully saturated rings. The van der Waals surface area contributed by atoms with Crippen molar-refractivity contribution in [1.82, 2.24) is 4.90 Å². The number of nitrogens with zero attached hydrogens (tertiary/aromatic N) is 1. The first-order chi connectivity index (χ1) is 9.10. The molecular formula is C14H12FNO3. The van der Waals surface area contributed by atoms with E-state index in [9.17, 15) is 14.0 Å². The summed E-state index contributed by atoms with van der Waals surface area (Å²) in [6, 6.07) is 4.10. The van der Waals surface area contributed by atoms with E-state index in [0.717, 1.165) is 4.90 Å². The third-order valence-electron chi connectivity index (χ3n) is 2.76. The van der Waals surface area contributed by atoms with Crippen LogP contribution < -0.4 is 0 Å². The molecule has 1 aromatic carbocycles. The van der Waals surface area contributed by atoms with Gasteiger partial charge in [0, 0.05) is 18.4 Å². The monoisotopic (exact) mass is 261 g/mol. The fourth-order valence-corrected chi connectivity index (χ4v) is 1.94. The average molecular weight is 261 g/mol. The van der Waals surface area contributed by atoms with Crippen LogP contribution in [0.1, 0.15) is 24.0 Å². The van der Waals surface area contributed by atoms with Crippen LogP contribution in [0, 0.1) is 17.7 Å². The number of carbonyl (C=O) groups is 2. The van der Waals surface area contributed by atoms with Crippen molar-refractivity contribution in [2.24, 2.45) is 0 Å². The van der Waals surface area contributed by atoms with E-state index in [1.807, 2.05) is 0 Å². The van der Waals surface area contributed by atoms with Crippen molar-refractivity contribution in [3.63, 3.8) is 0 Å². The van der Waals surface area contributed by atoms with Gasteiger partial charge in [-0.25, -0.2) is 4.39 Å². The predicted octanol–water partition coefficient (Wildman–Crippen LogP) is 0.819. The zero-order valence-corrected chi connectivity index (χ0v) is 10.1. The second-order valence-corrected chi connectivity index (χ2v) is 4.18. The lowest BCUT2D eigenvalue weighted by atomic mass is 10.1. The number of hydrogen-bond donors (Lipinski definition) is 1. The molecule has 0 bridgehead atoms. The zero-order chi connectivity index (χ0) is 13.8.